The van der Waals surface area contributed by atoms with E-state index in [1.807, 2.05) is 0 Å². The molecule has 21 heavy (non-hydrogen) atoms. The maximum atomic E-state index is 12.4. The second-order valence-corrected chi connectivity index (χ2v) is 4.18. The average Bonchev–Trinajstić information content (AvgIpc) is 2.91. The summed E-state index contributed by atoms with van der Waals surface area (Å²) < 4.78 is 37.2. The molecule has 0 spiro atoms. The molecule has 2 aromatic heterocycles. The maximum absolute atomic E-state index is 12.4. The van der Waals surface area contributed by atoms with Gasteiger partial charge in [-0.3, -0.25) is 14.7 Å². The largest absolute Gasteiger partial charge is 0.431 e. The van der Waals surface area contributed by atoms with Crippen molar-refractivity contribution in [2.24, 2.45) is 0 Å². The summed E-state index contributed by atoms with van der Waals surface area (Å²) in [6, 6.07) is 0.876. The van der Waals surface area contributed by atoms with Crippen LogP contribution in [0.15, 0.2) is 23.3 Å². The zero-order chi connectivity index (χ0) is 15.6. The summed E-state index contributed by atoms with van der Waals surface area (Å²) in [5.74, 6) is -0.458. The SMILES string of the molecule is CC(NC(=O)c1ccc(C(F)(F)F)[nH]c1=O)c1ncn[nH]1. The van der Waals surface area contributed by atoms with Crippen molar-refractivity contribution in [3.63, 3.8) is 0 Å². The van der Waals surface area contributed by atoms with Crippen molar-refractivity contribution < 1.29 is 18.0 Å². The molecule has 0 fully saturated rings. The summed E-state index contributed by atoms with van der Waals surface area (Å²) in [5.41, 5.74) is -2.76. The molecule has 1 amide bonds. The minimum Gasteiger partial charge on any atom is -0.342 e. The van der Waals surface area contributed by atoms with Gasteiger partial charge in [0.15, 0.2) is 0 Å². The molecule has 3 N–H and O–H groups in total. The average molecular weight is 301 g/mol. The summed E-state index contributed by atoms with van der Waals surface area (Å²) in [6.45, 7) is 1.58. The molecule has 0 aromatic carbocycles. The van der Waals surface area contributed by atoms with Crippen LogP contribution in [0.3, 0.4) is 0 Å². The molecule has 0 aliphatic heterocycles. The lowest BCUT2D eigenvalue weighted by molar-refractivity contribution is -0.141. The molecule has 2 aromatic rings. The zero-order valence-corrected chi connectivity index (χ0v) is 10.7. The van der Waals surface area contributed by atoms with Crippen molar-refractivity contribution in [2.45, 2.75) is 19.1 Å². The van der Waals surface area contributed by atoms with Gasteiger partial charge in [0.1, 0.15) is 23.4 Å². The fourth-order valence-electron chi connectivity index (χ4n) is 1.58. The number of amides is 1. The van der Waals surface area contributed by atoms with Crippen LogP contribution < -0.4 is 10.9 Å². The fraction of sp³-hybridized carbons (Fsp3) is 0.273. The van der Waals surface area contributed by atoms with Crippen LogP contribution in [-0.2, 0) is 6.18 Å². The van der Waals surface area contributed by atoms with Crippen molar-refractivity contribution in [3.05, 3.63) is 45.9 Å². The molecule has 0 aliphatic rings. The Morgan fingerprint density at radius 2 is 2.10 bits per heavy atom. The molecule has 7 nitrogen and oxygen atoms in total. The lowest BCUT2D eigenvalue weighted by Gasteiger charge is -2.11. The minimum atomic E-state index is -4.68. The van der Waals surface area contributed by atoms with E-state index in [-0.39, 0.29) is 0 Å². The van der Waals surface area contributed by atoms with E-state index in [1.165, 1.54) is 6.33 Å². The number of hydrogen-bond acceptors (Lipinski definition) is 4. The van der Waals surface area contributed by atoms with E-state index in [0.717, 1.165) is 6.07 Å². The number of nitrogens with zero attached hydrogens (tertiary/aromatic N) is 2. The Kier molecular flexibility index (Phi) is 3.78. The first-order valence-electron chi connectivity index (χ1n) is 5.75. The molecule has 2 heterocycles. The van der Waals surface area contributed by atoms with Gasteiger partial charge in [-0.1, -0.05) is 0 Å². The van der Waals surface area contributed by atoms with Crippen LogP contribution in [0.2, 0.25) is 0 Å². The van der Waals surface area contributed by atoms with Crippen molar-refractivity contribution in [1.29, 1.82) is 0 Å². The normalized spacial score (nSPS) is 13.0. The van der Waals surface area contributed by atoms with Gasteiger partial charge in [-0.25, -0.2) is 4.98 Å². The highest BCUT2D eigenvalue weighted by molar-refractivity contribution is 5.93. The summed E-state index contributed by atoms with van der Waals surface area (Å²) in [4.78, 5) is 28.8. The standard InChI is InChI=1S/C11H10F3N5O2/c1-5(8-15-4-16-19-8)17-9(20)6-2-3-7(11(12,13)14)18-10(6)21/h2-5H,1H3,(H,17,20)(H,18,21)(H,15,16,19). The molecular weight excluding hydrogens is 291 g/mol. The number of pyridine rings is 1. The smallest absolute Gasteiger partial charge is 0.342 e. The van der Waals surface area contributed by atoms with Gasteiger partial charge in [0.25, 0.3) is 11.5 Å². The van der Waals surface area contributed by atoms with Gasteiger partial charge in [-0.2, -0.15) is 18.3 Å². The number of rotatable bonds is 3. The number of hydrogen-bond donors (Lipinski definition) is 3. The van der Waals surface area contributed by atoms with Gasteiger partial charge in [0.05, 0.1) is 6.04 Å². The third-order valence-electron chi connectivity index (χ3n) is 2.65. The summed E-state index contributed by atoms with van der Waals surface area (Å²) in [6.07, 6.45) is -3.44. The van der Waals surface area contributed by atoms with Gasteiger partial charge in [0.2, 0.25) is 0 Å². The summed E-state index contributed by atoms with van der Waals surface area (Å²) in [7, 11) is 0. The van der Waals surface area contributed by atoms with Gasteiger partial charge in [-0.05, 0) is 19.1 Å². The van der Waals surface area contributed by atoms with E-state index in [2.05, 4.69) is 20.5 Å². The Labute approximate surface area is 115 Å². The Balaban J connectivity index is 2.19. The predicted octanol–water partition coefficient (Wildman–Crippen LogP) is 1.00. The van der Waals surface area contributed by atoms with E-state index in [4.69, 9.17) is 0 Å². The van der Waals surface area contributed by atoms with Gasteiger partial charge in [0, 0.05) is 0 Å². The number of aromatic nitrogens is 4. The molecule has 10 heteroatoms. The number of nitrogens with one attached hydrogen (secondary N) is 3. The zero-order valence-electron chi connectivity index (χ0n) is 10.7. The third kappa shape index (κ3) is 3.27. The Hall–Kier alpha value is -2.65. The van der Waals surface area contributed by atoms with Crippen molar-refractivity contribution in [3.8, 4) is 0 Å². The Morgan fingerprint density at radius 3 is 2.62 bits per heavy atom. The highest BCUT2D eigenvalue weighted by Gasteiger charge is 2.32. The van der Waals surface area contributed by atoms with Crippen molar-refractivity contribution >= 4 is 5.91 Å². The van der Waals surface area contributed by atoms with Crippen molar-refractivity contribution in [1.82, 2.24) is 25.5 Å². The number of halogens is 3. The van der Waals surface area contributed by atoms with Crippen LogP contribution in [-0.4, -0.2) is 26.1 Å². The third-order valence-corrected chi connectivity index (χ3v) is 2.65. The minimum absolute atomic E-state index is 0.353. The second kappa shape index (κ2) is 5.38. The Bertz CT molecular complexity index is 693. The lowest BCUT2D eigenvalue weighted by Crippen LogP contribution is -2.32. The second-order valence-electron chi connectivity index (χ2n) is 4.18. The van der Waals surface area contributed by atoms with E-state index >= 15 is 0 Å². The first-order valence-corrected chi connectivity index (χ1v) is 5.75. The van der Waals surface area contributed by atoms with Crippen molar-refractivity contribution in [2.75, 3.05) is 0 Å². The van der Waals surface area contributed by atoms with E-state index < -0.39 is 34.9 Å². The quantitative estimate of drug-likeness (QED) is 0.786. The molecule has 0 aliphatic carbocycles. The molecule has 1 unspecified atom stereocenters. The topological polar surface area (TPSA) is 104 Å². The number of carbonyl (C=O) groups excluding carboxylic acids is 1. The van der Waals surface area contributed by atoms with Gasteiger partial charge < -0.3 is 10.3 Å². The first-order chi connectivity index (χ1) is 9.79. The van der Waals surface area contributed by atoms with E-state index in [0.29, 0.717) is 11.9 Å². The van der Waals surface area contributed by atoms with Crippen LogP contribution in [0.25, 0.3) is 0 Å². The number of carbonyl (C=O) groups is 1. The van der Waals surface area contributed by atoms with Crippen LogP contribution in [0, 0.1) is 0 Å². The van der Waals surface area contributed by atoms with Crippen LogP contribution in [0.4, 0.5) is 13.2 Å². The molecule has 0 saturated carbocycles. The van der Waals surface area contributed by atoms with Crippen LogP contribution in [0.1, 0.15) is 34.8 Å². The number of H-pyrrole nitrogens is 2. The lowest BCUT2D eigenvalue weighted by atomic mass is 10.2. The fourth-order valence-corrected chi connectivity index (χ4v) is 1.58. The molecule has 0 bridgehead atoms. The van der Waals surface area contributed by atoms with Crippen LogP contribution >= 0.6 is 0 Å². The van der Waals surface area contributed by atoms with E-state index in [9.17, 15) is 22.8 Å². The summed E-state index contributed by atoms with van der Waals surface area (Å²) in [5, 5.41) is 8.55. The number of alkyl halides is 3. The van der Waals surface area contributed by atoms with E-state index in [1.54, 1.807) is 11.9 Å². The van der Waals surface area contributed by atoms with Crippen LogP contribution in [0.5, 0.6) is 0 Å². The maximum Gasteiger partial charge on any atom is 0.431 e. The molecule has 0 saturated heterocycles. The van der Waals surface area contributed by atoms with Gasteiger partial charge >= 0.3 is 6.18 Å². The van der Waals surface area contributed by atoms with Gasteiger partial charge in [-0.15, -0.1) is 0 Å². The highest BCUT2D eigenvalue weighted by Crippen LogP contribution is 2.26. The highest BCUT2D eigenvalue weighted by atomic mass is 19.4. The molecule has 1 atom stereocenters. The summed E-state index contributed by atoms with van der Waals surface area (Å²) >= 11 is 0. The molecule has 112 valence electrons. The Morgan fingerprint density at radius 1 is 1.38 bits per heavy atom. The monoisotopic (exact) mass is 301 g/mol. The number of aromatic amines is 2. The molecule has 2 rings (SSSR count). The predicted molar refractivity (Wildman–Crippen MR) is 64.3 cm³/mol. The first kappa shape index (κ1) is 14.8. The molecular formula is C11H10F3N5O2. The molecule has 0 radical (unpaired) electrons.